The summed E-state index contributed by atoms with van der Waals surface area (Å²) in [7, 11) is 0. The zero-order chi connectivity index (χ0) is 21.1. The molecule has 2 aromatic heterocycles. The molecule has 0 aliphatic carbocycles. The SMILES string of the molecule is Cc1onc(-c2ccc(Br)cc2)c1C(=O)c1c[nH]c(OC(=O)NC2CCOCC2)c1. The highest BCUT2D eigenvalue weighted by Gasteiger charge is 2.24. The fourth-order valence-electron chi connectivity index (χ4n) is 3.29. The lowest BCUT2D eigenvalue weighted by molar-refractivity contribution is 0.0777. The van der Waals surface area contributed by atoms with E-state index in [1.165, 1.54) is 12.3 Å². The van der Waals surface area contributed by atoms with Crippen molar-refractivity contribution in [3.63, 3.8) is 0 Å². The number of carbonyl (C=O) groups excluding carboxylic acids is 2. The largest absolute Gasteiger partial charge is 0.414 e. The Labute approximate surface area is 181 Å². The van der Waals surface area contributed by atoms with Crippen molar-refractivity contribution in [2.75, 3.05) is 13.2 Å². The van der Waals surface area contributed by atoms with Gasteiger partial charge in [0.25, 0.3) is 0 Å². The van der Waals surface area contributed by atoms with Crippen molar-refractivity contribution in [3.8, 4) is 17.1 Å². The number of aromatic amines is 1. The van der Waals surface area contributed by atoms with Crippen LogP contribution in [0.15, 0.2) is 45.5 Å². The second kappa shape index (κ2) is 8.85. The first-order chi connectivity index (χ1) is 14.5. The zero-order valence-corrected chi connectivity index (χ0v) is 17.8. The van der Waals surface area contributed by atoms with Crippen LogP contribution < -0.4 is 10.1 Å². The van der Waals surface area contributed by atoms with Crippen molar-refractivity contribution in [2.45, 2.75) is 25.8 Å². The number of nitrogens with one attached hydrogen (secondary N) is 2. The van der Waals surface area contributed by atoms with Crippen LogP contribution in [0.3, 0.4) is 0 Å². The van der Waals surface area contributed by atoms with Crippen molar-refractivity contribution in [1.82, 2.24) is 15.5 Å². The molecule has 0 spiro atoms. The van der Waals surface area contributed by atoms with Crippen LogP contribution in [-0.2, 0) is 4.74 Å². The third-order valence-electron chi connectivity index (χ3n) is 4.87. The Morgan fingerprint density at radius 3 is 2.70 bits per heavy atom. The molecular formula is C21H20BrN3O5. The first-order valence-electron chi connectivity index (χ1n) is 9.52. The van der Waals surface area contributed by atoms with Gasteiger partial charge in [-0.3, -0.25) is 4.79 Å². The molecule has 30 heavy (non-hydrogen) atoms. The zero-order valence-electron chi connectivity index (χ0n) is 16.2. The van der Waals surface area contributed by atoms with E-state index in [0.717, 1.165) is 22.9 Å². The van der Waals surface area contributed by atoms with Crippen LogP contribution in [0, 0.1) is 6.92 Å². The lowest BCUT2D eigenvalue weighted by atomic mass is 10.00. The molecule has 1 aliphatic rings. The monoisotopic (exact) mass is 473 g/mol. The van der Waals surface area contributed by atoms with E-state index >= 15 is 0 Å². The summed E-state index contributed by atoms with van der Waals surface area (Å²) >= 11 is 3.39. The molecule has 0 saturated carbocycles. The lowest BCUT2D eigenvalue weighted by Crippen LogP contribution is -2.40. The van der Waals surface area contributed by atoms with Crippen LogP contribution in [0.4, 0.5) is 4.79 Å². The van der Waals surface area contributed by atoms with Gasteiger partial charge in [0.2, 0.25) is 11.7 Å². The maximum absolute atomic E-state index is 13.1. The number of hydrogen-bond acceptors (Lipinski definition) is 6. The van der Waals surface area contributed by atoms with E-state index in [-0.39, 0.29) is 17.7 Å². The number of nitrogens with zero attached hydrogens (tertiary/aromatic N) is 1. The quantitative estimate of drug-likeness (QED) is 0.536. The van der Waals surface area contributed by atoms with E-state index in [2.05, 4.69) is 31.4 Å². The molecule has 0 radical (unpaired) electrons. The molecule has 9 heteroatoms. The number of hydrogen-bond donors (Lipinski definition) is 2. The van der Waals surface area contributed by atoms with Gasteiger partial charge in [-0.2, -0.15) is 0 Å². The highest BCUT2D eigenvalue weighted by Crippen LogP contribution is 2.29. The fourth-order valence-corrected chi connectivity index (χ4v) is 3.55. The molecule has 1 fully saturated rings. The number of rotatable bonds is 5. The van der Waals surface area contributed by atoms with Gasteiger partial charge in [0, 0.05) is 47.1 Å². The summed E-state index contributed by atoms with van der Waals surface area (Å²) in [6.07, 6.45) is 2.42. The summed E-state index contributed by atoms with van der Waals surface area (Å²) in [6.45, 7) is 2.92. The predicted octanol–water partition coefficient (Wildman–Crippen LogP) is 4.24. The number of ketones is 1. The van der Waals surface area contributed by atoms with Crippen molar-refractivity contribution in [2.24, 2.45) is 0 Å². The predicted molar refractivity (Wildman–Crippen MR) is 112 cm³/mol. The van der Waals surface area contributed by atoms with Gasteiger partial charge >= 0.3 is 6.09 Å². The molecule has 1 aliphatic heterocycles. The molecule has 1 amide bonds. The van der Waals surface area contributed by atoms with Gasteiger partial charge in [0.15, 0.2) is 0 Å². The van der Waals surface area contributed by atoms with Crippen LogP contribution in [0.2, 0.25) is 0 Å². The first-order valence-corrected chi connectivity index (χ1v) is 10.3. The summed E-state index contributed by atoms with van der Waals surface area (Å²) in [5.74, 6) is 0.323. The van der Waals surface area contributed by atoms with E-state index in [1.807, 2.05) is 24.3 Å². The highest BCUT2D eigenvalue weighted by atomic mass is 79.9. The Morgan fingerprint density at radius 1 is 1.23 bits per heavy atom. The second-order valence-electron chi connectivity index (χ2n) is 6.97. The van der Waals surface area contributed by atoms with Crippen LogP contribution in [0.1, 0.15) is 34.5 Å². The molecule has 0 unspecified atom stereocenters. The summed E-state index contributed by atoms with van der Waals surface area (Å²) in [5, 5.41) is 6.86. The Morgan fingerprint density at radius 2 is 1.97 bits per heavy atom. The number of carbonyl (C=O) groups is 2. The van der Waals surface area contributed by atoms with Gasteiger partial charge in [-0.15, -0.1) is 0 Å². The van der Waals surface area contributed by atoms with Crippen LogP contribution in [0.25, 0.3) is 11.3 Å². The van der Waals surface area contributed by atoms with Crippen molar-refractivity contribution in [3.05, 3.63) is 57.9 Å². The Hall–Kier alpha value is -2.91. The van der Waals surface area contributed by atoms with Crippen LogP contribution >= 0.6 is 15.9 Å². The van der Waals surface area contributed by atoms with Gasteiger partial charge in [0.05, 0.1) is 5.56 Å². The lowest BCUT2D eigenvalue weighted by Gasteiger charge is -2.22. The fraction of sp³-hybridized carbons (Fsp3) is 0.286. The Kier molecular flexibility index (Phi) is 6.01. The molecule has 3 heterocycles. The van der Waals surface area contributed by atoms with Crippen molar-refractivity contribution < 1.29 is 23.6 Å². The average molecular weight is 474 g/mol. The first kappa shape index (κ1) is 20.4. The summed E-state index contributed by atoms with van der Waals surface area (Å²) in [4.78, 5) is 28.0. The summed E-state index contributed by atoms with van der Waals surface area (Å²) in [5.41, 5.74) is 1.94. The second-order valence-corrected chi connectivity index (χ2v) is 7.89. The van der Waals surface area contributed by atoms with E-state index in [1.54, 1.807) is 6.92 Å². The Balaban J connectivity index is 1.48. The van der Waals surface area contributed by atoms with Crippen LogP contribution in [-0.4, -0.2) is 41.3 Å². The van der Waals surface area contributed by atoms with Gasteiger partial charge in [-0.1, -0.05) is 33.2 Å². The van der Waals surface area contributed by atoms with Gasteiger partial charge in [0.1, 0.15) is 11.5 Å². The van der Waals surface area contributed by atoms with Gasteiger partial charge in [-0.05, 0) is 31.9 Å². The molecule has 0 bridgehead atoms. The topological polar surface area (TPSA) is 106 Å². The third-order valence-corrected chi connectivity index (χ3v) is 5.40. The number of aryl methyl sites for hydroxylation is 1. The summed E-state index contributed by atoms with van der Waals surface area (Å²) < 4.78 is 16.8. The molecule has 3 aromatic rings. The smallest absolute Gasteiger partial charge is 0.393 e. The summed E-state index contributed by atoms with van der Waals surface area (Å²) in [6, 6.07) is 8.95. The maximum Gasteiger partial charge on any atom is 0.414 e. The Bertz CT molecular complexity index is 1050. The number of halogens is 1. The van der Waals surface area contributed by atoms with E-state index in [9.17, 15) is 9.59 Å². The molecule has 0 atom stereocenters. The van der Waals surface area contributed by atoms with E-state index in [0.29, 0.717) is 35.8 Å². The van der Waals surface area contributed by atoms with Gasteiger partial charge < -0.3 is 24.3 Å². The minimum atomic E-state index is -0.570. The number of aromatic nitrogens is 2. The van der Waals surface area contributed by atoms with Crippen LogP contribution in [0.5, 0.6) is 5.88 Å². The molecule has 1 saturated heterocycles. The number of ether oxygens (including phenoxy) is 2. The van der Waals surface area contributed by atoms with Crippen molar-refractivity contribution in [1.29, 1.82) is 0 Å². The minimum Gasteiger partial charge on any atom is -0.393 e. The molecular weight excluding hydrogens is 454 g/mol. The normalized spacial score (nSPS) is 14.5. The number of benzene rings is 1. The highest BCUT2D eigenvalue weighted by molar-refractivity contribution is 9.10. The molecule has 8 nitrogen and oxygen atoms in total. The minimum absolute atomic E-state index is 0.0236. The van der Waals surface area contributed by atoms with Gasteiger partial charge in [-0.25, -0.2) is 4.79 Å². The third kappa shape index (κ3) is 4.47. The molecule has 1 aromatic carbocycles. The standard InChI is InChI=1S/C21H20BrN3O5/c1-12-18(19(25-30-12)13-2-4-15(22)5-3-13)20(26)14-10-17(23-11-14)29-21(27)24-16-6-8-28-9-7-16/h2-5,10-11,16,23H,6-9H2,1H3,(H,24,27). The number of H-pyrrole nitrogens is 1. The number of amides is 1. The molecule has 4 rings (SSSR count). The van der Waals surface area contributed by atoms with Crippen molar-refractivity contribution >= 4 is 27.8 Å². The molecule has 2 N–H and O–H groups in total. The van der Waals surface area contributed by atoms with E-state index < -0.39 is 6.09 Å². The average Bonchev–Trinajstić information content (AvgIpc) is 3.35. The van der Waals surface area contributed by atoms with E-state index in [4.69, 9.17) is 14.0 Å². The molecule has 156 valence electrons. The maximum atomic E-state index is 13.1.